The van der Waals surface area contributed by atoms with Crippen LogP contribution in [0.2, 0.25) is 5.21 Å². The van der Waals surface area contributed by atoms with E-state index in [2.05, 4.69) is 0 Å². The summed E-state index contributed by atoms with van der Waals surface area (Å²) in [4.78, 5) is 10.8. The predicted molar refractivity (Wildman–Crippen MR) is 53.5 cm³/mol. The monoisotopic (exact) mass is 244 g/mol. The summed E-state index contributed by atoms with van der Waals surface area (Å²) in [7, 11) is 0. The molecular formula is C10H17AsO2. The van der Waals surface area contributed by atoms with Crippen LogP contribution in [0, 0.1) is 17.3 Å². The number of carboxylic acids is 1. The van der Waals surface area contributed by atoms with Crippen LogP contribution in [0.5, 0.6) is 0 Å². The Hall–Kier alpha value is 0.0284. The number of rotatable bonds is 3. The summed E-state index contributed by atoms with van der Waals surface area (Å²) < 4.78 is 0. The molecule has 0 saturated heterocycles. The van der Waals surface area contributed by atoms with Gasteiger partial charge in [-0.2, -0.15) is 0 Å². The molecule has 0 aliphatic heterocycles. The van der Waals surface area contributed by atoms with Crippen molar-refractivity contribution in [2.24, 2.45) is 17.3 Å². The topological polar surface area (TPSA) is 37.3 Å². The van der Waals surface area contributed by atoms with E-state index >= 15 is 0 Å². The van der Waals surface area contributed by atoms with Crippen molar-refractivity contribution in [3.63, 3.8) is 0 Å². The van der Waals surface area contributed by atoms with Gasteiger partial charge in [-0.25, -0.2) is 0 Å². The Morgan fingerprint density at radius 1 is 1.54 bits per heavy atom. The summed E-state index contributed by atoms with van der Waals surface area (Å²) in [6.07, 6.45) is 5.45. The molecule has 74 valence electrons. The minimum atomic E-state index is -0.600. The van der Waals surface area contributed by atoms with Crippen LogP contribution < -0.4 is 0 Å². The van der Waals surface area contributed by atoms with Gasteiger partial charge in [-0.1, -0.05) is 0 Å². The first-order valence-corrected chi connectivity index (χ1v) is 6.78. The molecule has 1 unspecified atom stereocenters. The number of fused-ring (bicyclic) bond motifs is 1. The standard InChI is InChI=1S/C10H17AsO2/c11-6-10(5-9(12)13)2-1-7-3-8(7)4-10/h7-8H,1-6,11H2,(H,12,13)/t7-,8+,10-/m1/s1. The van der Waals surface area contributed by atoms with Crippen molar-refractivity contribution in [3.8, 4) is 0 Å². The van der Waals surface area contributed by atoms with E-state index in [4.69, 9.17) is 5.11 Å². The Bertz CT molecular complexity index is 229. The molecule has 2 saturated carbocycles. The Balaban J connectivity index is 2.01. The van der Waals surface area contributed by atoms with Gasteiger partial charge in [0, 0.05) is 0 Å². The zero-order chi connectivity index (χ0) is 9.47. The second-order valence-electron chi connectivity index (χ2n) is 4.77. The van der Waals surface area contributed by atoms with Crippen molar-refractivity contribution in [1.29, 1.82) is 0 Å². The van der Waals surface area contributed by atoms with Crippen molar-refractivity contribution < 1.29 is 9.90 Å². The quantitative estimate of drug-likeness (QED) is 0.760. The van der Waals surface area contributed by atoms with E-state index in [0.29, 0.717) is 6.42 Å². The first kappa shape index (κ1) is 9.58. The van der Waals surface area contributed by atoms with E-state index in [-0.39, 0.29) is 5.41 Å². The number of carbonyl (C=O) groups is 1. The predicted octanol–water partition coefficient (Wildman–Crippen LogP) is 1.32. The maximum absolute atomic E-state index is 10.8. The van der Waals surface area contributed by atoms with E-state index in [0.717, 1.165) is 17.0 Å². The summed E-state index contributed by atoms with van der Waals surface area (Å²) in [5.74, 6) is 1.27. The van der Waals surface area contributed by atoms with E-state index in [1.165, 1.54) is 25.7 Å². The summed E-state index contributed by atoms with van der Waals surface area (Å²) in [6, 6.07) is 0. The van der Waals surface area contributed by atoms with E-state index in [9.17, 15) is 4.79 Å². The van der Waals surface area contributed by atoms with Gasteiger partial charge in [0.15, 0.2) is 0 Å². The van der Waals surface area contributed by atoms with Crippen LogP contribution >= 0.6 is 0 Å². The summed E-state index contributed by atoms with van der Waals surface area (Å²) in [5, 5.41) is 9.98. The van der Waals surface area contributed by atoms with E-state index < -0.39 is 5.97 Å². The van der Waals surface area contributed by atoms with Gasteiger partial charge in [0.05, 0.1) is 0 Å². The van der Waals surface area contributed by atoms with Gasteiger partial charge in [-0.05, 0) is 0 Å². The molecule has 3 heteroatoms. The average Bonchev–Trinajstić information content (AvgIpc) is 2.81. The zero-order valence-electron chi connectivity index (χ0n) is 7.83. The van der Waals surface area contributed by atoms with Gasteiger partial charge >= 0.3 is 87.3 Å². The second kappa shape index (κ2) is 3.31. The number of carboxylic acid groups (broad SMARTS) is 1. The Labute approximate surface area is 87.6 Å². The Morgan fingerprint density at radius 2 is 2.31 bits per heavy atom. The Morgan fingerprint density at radius 3 is 2.85 bits per heavy atom. The van der Waals surface area contributed by atoms with Crippen LogP contribution in [0.3, 0.4) is 0 Å². The molecule has 2 nitrogen and oxygen atoms in total. The van der Waals surface area contributed by atoms with Gasteiger partial charge in [0.2, 0.25) is 0 Å². The van der Waals surface area contributed by atoms with Gasteiger partial charge in [-0.15, -0.1) is 0 Å². The molecule has 0 bridgehead atoms. The molecule has 2 rings (SSSR count). The van der Waals surface area contributed by atoms with Crippen LogP contribution in [0.15, 0.2) is 0 Å². The fourth-order valence-corrected chi connectivity index (χ4v) is 3.88. The third-order valence-corrected chi connectivity index (χ3v) is 5.59. The summed E-state index contributed by atoms with van der Waals surface area (Å²) in [5.41, 5.74) is 0.184. The zero-order valence-corrected chi connectivity index (χ0v) is 10.3. The van der Waals surface area contributed by atoms with Crippen molar-refractivity contribution in [3.05, 3.63) is 0 Å². The third-order valence-electron chi connectivity index (χ3n) is 3.77. The van der Waals surface area contributed by atoms with Crippen LogP contribution in [0.4, 0.5) is 0 Å². The molecule has 0 radical (unpaired) electrons. The fourth-order valence-electron chi connectivity index (χ4n) is 2.80. The van der Waals surface area contributed by atoms with Crippen molar-refractivity contribution >= 4 is 22.8 Å². The van der Waals surface area contributed by atoms with Crippen molar-refractivity contribution in [2.45, 2.75) is 37.3 Å². The van der Waals surface area contributed by atoms with Crippen LogP contribution in [0.1, 0.15) is 32.1 Å². The molecule has 2 aliphatic rings. The third kappa shape index (κ3) is 1.93. The normalized spacial score (nSPS) is 42.5. The number of hydrogen-bond donors (Lipinski definition) is 1. The van der Waals surface area contributed by atoms with E-state index in [1.807, 2.05) is 0 Å². The molecule has 13 heavy (non-hydrogen) atoms. The average molecular weight is 244 g/mol. The fraction of sp³-hybridized carbons (Fsp3) is 0.900. The number of aliphatic carboxylic acids is 1. The van der Waals surface area contributed by atoms with Crippen LogP contribution in [-0.4, -0.2) is 27.9 Å². The Kier molecular flexibility index (Phi) is 2.44. The van der Waals surface area contributed by atoms with Gasteiger partial charge in [0.1, 0.15) is 0 Å². The second-order valence-corrected chi connectivity index (χ2v) is 5.63. The molecule has 4 atom stereocenters. The number of hydrogen-bond acceptors (Lipinski definition) is 1. The minimum absolute atomic E-state index is 0.184. The molecule has 0 aromatic carbocycles. The molecule has 0 amide bonds. The molecule has 2 aliphatic carbocycles. The van der Waals surface area contributed by atoms with Crippen molar-refractivity contribution in [1.82, 2.24) is 0 Å². The van der Waals surface area contributed by atoms with E-state index in [1.54, 1.807) is 16.9 Å². The first-order valence-electron chi connectivity index (χ1n) is 5.07. The SMILES string of the molecule is O=C(O)C[C@@]1(C[AsH2])CC[C@@H]2C[C@H]2C1. The van der Waals surface area contributed by atoms with Gasteiger partial charge < -0.3 is 0 Å². The summed E-state index contributed by atoms with van der Waals surface area (Å²) >= 11 is 1.70. The molecule has 0 heterocycles. The van der Waals surface area contributed by atoms with Crippen molar-refractivity contribution in [2.75, 3.05) is 0 Å². The summed E-state index contributed by atoms with van der Waals surface area (Å²) in [6.45, 7) is 0. The molecule has 0 aromatic rings. The van der Waals surface area contributed by atoms with Gasteiger partial charge in [0.25, 0.3) is 0 Å². The molecular weight excluding hydrogens is 227 g/mol. The van der Waals surface area contributed by atoms with Crippen LogP contribution in [-0.2, 0) is 4.79 Å². The van der Waals surface area contributed by atoms with Gasteiger partial charge in [-0.3, -0.25) is 0 Å². The molecule has 1 N–H and O–H groups in total. The molecule has 0 aromatic heterocycles. The first-order chi connectivity index (χ1) is 6.15. The molecule has 2 fully saturated rings. The van der Waals surface area contributed by atoms with Crippen LogP contribution in [0.25, 0.3) is 0 Å². The molecule has 0 spiro atoms. The maximum atomic E-state index is 10.8.